The first-order chi connectivity index (χ1) is 5.27. The molecule has 2 heterocycles. The van der Waals surface area contributed by atoms with E-state index >= 15 is 0 Å². The van der Waals surface area contributed by atoms with E-state index in [1.165, 1.54) is 4.52 Å². The smallest absolute Gasteiger partial charge is 0.240 e. The number of imidazole rings is 1. The van der Waals surface area contributed by atoms with Crippen LogP contribution < -0.4 is 11.5 Å². The minimum absolute atomic E-state index is 0.146. The highest BCUT2D eigenvalue weighted by Crippen LogP contribution is 2.06. The minimum Gasteiger partial charge on any atom is -0.380 e. The Kier molecular flexibility index (Phi) is 0.974. The molecule has 11 heavy (non-hydrogen) atoms. The molecule has 2 aromatic rings. The molecule has 0 aliphatic carbocycles. The van der Waals surface area contributed by atoms with E-state index < -0.39 is 0 Å². The highest BCUT2D eigenvalue weighted by Gasteiger charge is 2.01. The summed E-state index contributed by atoms with van der Waals surface area (Å²) < 4.78 is 1.48. The Morgan fingerprint density at radius 1 is 1.36 bits per heavy atom. The van der Waals surface area contributed by atoms with Crippen LogP contribution in [0.15, 0.2) is 12.4 Å². The summed E-state index contributed by atoms with van der Waals surface area (Å²) in [5.74, 6) is 0.440. The summed E-state index contributed by atoms with van der Waals surface area (Å²) in [5.41, 5.74) is 11.3. The lowest BCUT2D eigenvalue weighted by Crippen LogP contribution is -2.04. The van der Waals surface area contributed by atoms with Gasteiger partial charge in [0.1, 0.15) is 0 Å². The average molecular weight is 150 g/mol. The highest BCUT2D eigenvalue weighted by molar-refractivity contribution is 5.59. The average Bonchev–Trinajstić information content (AvgIpc) is 2.34. The molecule has 2 rings (SSSR count). The summed E-state index contributed by atoms with van der Waals surface area (Å²) in [4.78, 5) is 7.65. The SMILES string of the molecule is Nc1nc(N)c2nccn2n1. The maximum Gasteiger partial charge on any atom is 0.240 e. The first kappa shape index (κ1) is 5.90. The molecular weight excluding hydrogens is 144 g/mol. The van der Waals surface area contributed by atoms with Gasteiger partial charge in [0.2, 0.25) is 5.95 Å². The summed E-state index contributed by atoms with van der Waals surface area (Å²) >= 11 is 0. The Balaban J connectivity index is 2.91. The molecule has 4 N–H and O–H groups in total. The van der Waals surface area contributed by atoms with Crippen LogP contribution in [0.4, 0.5) is 11.8 Å². The van der Waals surface area contributed by atoms with Crippen molar-refractivity contribution in [2.75, 3.05) is 11.5 Å². The fourth-order valence-corrected chi connectivity index (χ4v) is 0.867. The first-order valence-corrected chi connectivity index (χ1v) is 3.00. The lowest BCUT2D eigenvalue weighted by atomic mass is 10.7. The van der Waals surface area contributed by atoms with Crippen molar-refractivity contribution in [2.45, 2.75) is 0 Å². The number of hydrogen-bond donors (Lipinski definition) is 2. The molecular formula is C5H6N6. The normalized spacial score (nSPS) is 10.5. The third-order valence-corrected chi connectivity index (χ3v) is 1.30. The zero-order valence-corrected chi connectivity index (χ0v) is 5.60. The summed E-state index contributed by atoms with van der Waals surface area (Å²) in [7, 11) is 0. The number of nitrogens with two attached hydrogens (primary N) is 2. The molecule has 2 aromatic heterocycles. The second-order valence-electron chi connectivity index (χ2n) is 2.05. The molecule has 0 spiro atoms. The van der Waals surface area contributed by atoms with Crippen molar-refractivity contribution in [1.82, 2.24) is 19.6 Å². The molecule has 6 nitrogen and oxygen atoms in total. The predicted molar refractivity (Wildman–Crippen MR) is 39.6 cm³/mol. The number of nitrogen functional groups attached to an aromatic ring is 2. The number of nitrogens with zero attached hydrogens (tertiary/aromatic N) is 4. The van der Waals surface area contributed by atoms with Crippen molar-refractivity contribution in [3.05, 3.63) is 12.4 Å². The van der Waals surface area contributed by atoms with E-state index in [-0.39, 0.29) is 5.95 Å². The van der Waals surface area contributed by atoms with Gasteiger partial charge in [0.25, 0.3) is 0 Å². The van der Waals surface area contributed by atoms with Crippen LogP contribution in [0.2, 0.25) is 0 Å². The van der Waals surface area contributed by atoms with Gasteiger partial charge in [-0.1, -0.05) is 0 Å². The zero-order chi connectivity index (χ0) is 7.84. The van der Waals surface area contributed by atoms with Gasteiger partial charge < -0.3 is 11.5 Å². The predicted octanol–water partition coefficient (Wildman–Crippen LogP) is -0.711. The third kappa shape index (κ3) is 0.759. The number of aromatic nitrogens is 4. The quantitative estimate of drug-likeness (QED) is 0.517. The van der Waals surface area contributed by atoms with Crippen molar-refractivity contribution in [3.8, 4) is 0 Å². The number of anilines is 2. The van der Waals surface area contributed by atoms with Crippen molar-refractivity contribution in [2.24, 2.45) is 0 Å². The van der Waals surface area contributed by atoms with E-state index in [2.05, 4.69) is 15.1 Å². The van der Waals surface area contributed by atoms with E-state index in [4.69, 9.17) is 11.5 Å². The van der Waals surface area contributed by atoms with Gasteiger partial charge in [-0.3, -0.25) is 0 Å². The van der Waals surface area contributed by atoms with Crippen LogP contribution in [0.3, 0.4) is 0 Å². The van der Waals surface area contributed by atoms with E-state index in [1.54, 1.807) is 12.4 Å². The molecule has 0 fully saturated rings. The lowest BCUT2D eigenvalue weighted by molar-refractivity contribution is 0.916. The molecule has 0 atom stereocenters. The fourth-order valence-electron chi connectivity index (χ4n) is 0.867. The highest BCUT2D eigenvalue weighted by atomic mass is 15.3. The van der Waals surface area contributed by atoms with Crippen LogP contribution >= 0.6 is 0 Å². The van der Waals surface area contributed by atoms with Crippen molar-refractivity contribution in [1.29, 1.82) is 0 Å². The third-order valence-electron chi connectivity index (χ3n) is 1.30. The van der Waals surface area contributed by atoms with Crippen molar-refractivity contribution in [3.63, 3.8) is 0 Å². The number of hydrogen-bond acceptors (Lipinski definition) is 5. The van der Waals surface area contributed by atoms with Gasteiger partial charge in [-0.2, -0.15) is 4.98 Å². The molecule has 0 aromatic carbocycles. The minimum atomic E-state index is 0.146. The van der Waals surface area contributed by atoms with Crippen LogP contribution in [0.1, 0.15) is 0 Å². The molecule has 0 amide bonds. The van der Waals surface area contributed by atoms with Gasteiger partial charge in [0.05, 0.1) is 0 Å². The van der Waals surface area contributed by atoms with Gasteiger partial charge in [-0.25, -0.2) is 9.50 Å². The van der Waals surface area contributed by atoms with Gasteiger partial charge in [0, 0.05) is 12.4 Å². The van der Waals surface area contributed by atoms with Gasteiger partial charge in [0.15, 0.2) is 11.5 Å². The zero-order valence-electron chi connectivity index (χ0n) is 5.60. The molecule has 0 saturated carbocycles. The Hall–Kier alpha value is -1.85. The van der Waals surface area contributed by atoms with Crippen molar-refractivity contribution >= 4 is 17.4 Å². The fraction of sp³-hybridized carbons (Fsp3) is 0. The second-order valence-corrected chi connectivity index (χ2v) is 2.05. The lowest BCUT2D eigenvalue weighted by Gasteiger charge is -1.96. The van der Waals surface area contributed by atoms with Gasteiger partial charge in [-0.05, 0) is 0 Å². The van der Waals surface area contributed by atoms with E-state index in [0.29, 0.717) is 11.5 Å². The van der Waals surface area contributed by atoms with Crippen LogP contribution in [0.25, 0.3) is 5.65 Å². The molecule has 0 radical (unpaired) electrons. The molecule has 0 aliphatic heterocycles. The first-order valence-electron chi connectivity index (χ1n) is 3.00. The monoisotopic (exact) mass is 150 g/mol. The summed E-state index contributed by atoms with van der Waals surface area (Å²) in [5, 5.41) is 3.84. The second kappa shape index (κ2) is 1.82. The topological polar surface area (TPSA) is 95.1 Å². The van der Waals surface area contributed by atoms with Crippen LogP contribution in [0, 0.1) is 0 Å². The molecule has 0 bridgehead atoms. The molecule has 56 valence electrons. The summed E-state index contributed by atoms with van der Waals surface area (Å²) in [6.45, 7) is 0. The number of fused-ring (bicyclic) bond motifs is 1. The van der Waals surface area contributed by atoms with Crippen LogP contribution in [0.5, 0.6) is 0 Å². The Labute approximate surface area is 61.9 Å². The Morgan fingerprint density at radius 3 is 3.00 bits per heavy atom. The van der Waals surface area contributed by atoms with E-state index in [1.807, 2.05) is 0 Å². The maximum absolute atomic E-state index is 5.49. The largest absolute Gasteiger partial charge is 0.380 e. The van der Waals surface area contributed by atoms with Crippen LogP contribution in [-0.2, 0) is 0 Å². The Morgan fingerprint density at radius 2 is 2.18 bits per heavy atom. The molecule has 0 unspecified atom stereocenters. The van der Waals surface area contributed by atoms with Gasteiger partial charge in [-0.15, -0.1) is 5.10 Å². The summed E-state index contributed by atoms with van der Waals surface area (Å²) in [6.07, 6.45) is 3.24. The Bertz CT molecular complexity index is 391. The maximum atomic E-state index is 5.49. The summed E-state index contributed by atoms with van der Waals surface area (Å²) in [6, 6.07) is 0. The van der Waals surface area contributed by atoms with E-state index in [9.17, 15) is 0 Å². The standard InChI is InChI=1S/C5H6N6/c6-3-4-8-1-2-11(4)10-5(7)9-3/h1-2H,(H4,6,7,9,10). The molecule has 0 saturated heterocycles. The number of rotatable bonds is 0. The van der Waals surface area contributed by atoms with Crippen molar-refractivity contribution < 1.29 is 0 Å². The molecule has 6 heteroatoms. The molecule has 0 aliphatic rings. The van der Waals surface area contributed by atoms with Crippen LogP contribution in [-0.4, -0.2) is 19.6 Å². The van der Waals surface area contributed by atoms with E-state index in [0.717, 1.165) is 0 Å². The van der Waals surface area contributed by atoms with Gasteiger partial charge >= 0.3 is 0 Å².